The first-order valence-electron chi connectivity index (χ1n) is 9.67. The fourth-order valence-electron chi connectivity index (χ4n) is 3.88. The van der Waals surface area contributed by atoms with Gasteiger partial charge in [0.1, 0.15) is 10.9 Å². The Balaban J connectivity index is 1.77. The molecule has 0 unspecified atom stereocenters. The summed E-state index contributed by atoms with van der Waals surface area (Å²) >= 11 is 0.844. The van der Waals surface area contributed by atoms with Crippen LogP contribution in [0.1, 0.15) is 65.6 Å². The lowest BCUT2D eigenvalue weighted by Crippen LogP contribution is -2.52. The summed E-state index contributed by atoms with van der Waals surface area (Å²) in [5.41, 5.74) is 11.1. The minimum atomic E-state index is -0.775. The molecule has 0 aromatic carbocycles. The molecular formula is C18H27N5O4S. The molecule has 2 fully saturated rings. The number of hydrogen-bond acceptors (Lipinski definition) is 7. The Bertz CT molecular complexity index is 740. The van der Waals surface area contributed by atoms with Crippen molar-refractivity contribution in [1.29, 1.82) is 0 Å². The normalized spacial score (nSPS) is 20.8. The molecule has 1 aromatic rings. The predicted octanol–water partition coefficient (Wildman–Crippen LogP) is 0.893. The number of carbonyl (C=O) groups is 3. The summed E-state index contributed by atoms with van der Waals surface area (Å²) in [7, 11) is 0. The van der Waals surface area contributed by atoms with Crippen LogP contribution in [-0.4, -0.2) is 58.3 Å². The van der Waals surface area contributed by atoms with E-state index in [-0.39, 0.29) is 40.2 Å². The molecular weight excluding hydrogens is 382 g/mol. The molecule has 10 heteroatoms. The van der Waals surface area contributed by atoms with Crippen molar-refractivity contribution in [2.45, 2.75) is 63.6 Å². The van der Waals surface area contributed by atoms with Gasteiger partial charge in [0.2, 0.25) is 5.91 Å². The van der Waals surface area contributed by atoms with Crippen molar-refractivity contribution in [3.63, 3.8) is 0 Å². The molecule has 3 rings (SSSR count). The van der Waals surface area contributed by atoms with Crippen LogP contribution in [0.5, 0.6) is 0 Å². The van der Waals surface area contributed by atoms with E-state index in [1.165, 1.54) is 0 Å². The Morgan fingerprint density at radius 3 is 2.57 bits per heavy atom. The van der Waals surface area contributed by atoms with Crippen molar-refractivity contribution < 1.29 is 19.1 Å². The Hall–Kier alpha value is -2.20. The minimum Gasteiger partial charge on any atom is -0.395 e. The van der Waals surface area contributed by atoms with Crippen LogP contribution in [0, 0.1) is 0 Å². The zero-order valence-electron chi connectivity index (χ0n) is 16.0. The summed E-state index contributed by atoms with van der Waals surface area (Å²) < 4.78 is 9.45. The molecule has 1 saturated heterocycles. The molecule has 2 heterocycles. The zero-order valence-corrected chi connectivity index (χ0v) is 16.8. The van der Waals surface area contributed by atoms with Gasteiger partial charge in [-0.05, 0) is 44.1 Å². The third-order valence-electron chi connectivity index (χ3n) is 5.43. The van der Waals surface area contributed by atoms with E-state index >= 15 is 0 Å². The van der Waals surface area contributed by atoms with Crippen LogP contribution in [0.2, 0.25) is 0 Å². The number of nitrogens with zero attached hydrogens (tertiary/aromatic N) is 2. The van der Waals surface area contributed by atoms with E-state index in [0.29, 0.717) is 6.54 Å². The standard InChI is InChI=1S/C18H27N5O4S/c1-10(17(25)21-9-12-7-4-8-27-12)23(11-5-2-3-6-11)18(26)15-13(19)14(16(20)24)22-28-15/h10-12H,2-9,19H2,1H3,(H2,20,24)(H,21,25)/t10-,12+/m0/s1. The van der Waals surface area contributed by atoms with Crippen LogP contribution in [0.3, 0.4) is 0 Å². The molecule has 1 saturated carbocycles. The van der Waals surface area contributed by atoms with E-state index in [1.807, 2.05) is 0 Å². The molecule has 9 nitrogen and oxygen atoms in total. The average Bonchev–Trinajstić information content (AvgIpc) is 3.41. The second-order valence-corrected chi connectivity index (χ2v) is 8.12. The number of nitrogens with two attached hydrogens (primary N) is 2. The fourth-order valence-corrected chi connectivity index (χ4v) is 4.63. The van der Waals surface area contributed by atoms with Crippen LogP contribution in [0.15, 0.2) is 0 Å². The van der Waals surface area contributed by atoms with Gasteiger partial charge in [0.25, 0.3) is 11.8 Å². The molecule has 2 atom stereocenters. The SMILES string of the molecule is C[C@@H](C(=O)NC[C@H]1CCCO1)N(C(=O)c1snc(C(N)=O)c1N)C1CCCC1. The van der Waals surface area contributed by atoms with Gasteiger partial charge in [-0.2, -0.15) is 4.37 Å². The first-order chi connectivity index (χ1) is 13.4. The van der Waals surface area contributed by atoms with Crippen LogP contribution in [0.4, 0.5) is 5.69 Å². The van der Waals surface area contributed by atoms with Crippen molar-refractivity contribution >= 4 is 34.9 Å². The second kappa shape index (κ2) is 8.87. The van der Waals surface area contributed by atoms with E-state index in [9.17, 15) is 14.4 Å². The highest BCUT2D eigenvalue weighted by Gasteiger charge is 2.37. The lowest BCUT2D eigenvalue weighted by atomic mass is 10.1. The first kappa shape index (κ1) is 20.5. The predicted molar refractivity (Wildman–Crippen MR) is 105 cm³/mol. The van der Waals surface area contributed by atoms with Gasteiger partial charge >= 0.3 is 0 Å². The van der Waals surface area contributed by atoms with Gasteiger partial charge < -0.3 is 26.4 Å². The van der Waals surface area contributed by atoms with E-state index < -0.39 is 11.9 Å². The Kier molecular flexibility index (Phi) is 6.50. The van der Waals surface area contributed by atoms with E-state index in [2.05, 4.69) is 9.69 Å². The molecule has 1 aliphatic heterocycles. The first-order valence-corrected chi connectivity index (χ1v) is 10.4. The maximum absolute atomic E-state index is 13.3. The number of nitrogen functional groups attached to an aromatic ring is 1. The molecule has 2 aliphatic rings. The summed E-state index contributed by atoms with van der Waals surface area (Å²) in [6, 6.07) is -0.718. The molecule has 0 radical (unpaired) electrons. The van der Waals surface area contributed by atoms with Crippen molar-refractivity contribution in [1.82, 2.24) is 14.6 Å². The van der Waals surface area contributed by atoms with Gasteiger partial charge in [0, 0.05) is 19.2 Å². The molecule has 0 spiro atoms. The number of aromatic nitrogens is 1. The Morgan fingerprint density at radius 2 is 2.00 bits per heavy atom. The number of anilines is 1. The maximum Gasteiger partial charge on any atom is 0.270 e. The summed E-state index contributed by atoms with van der Waals surface area (Å²) in [6.07, 6.45) is 5.62. The van der Waals surface area contributed by atoms with Gasteiger partial charge in [0.05, 0.1) is 11.8 Å². The lowest BCUT2D eigenvalue weighted by Gasteiger charge is -2.33. The molecule has 1 aliphatic carbocycles. The van der Waals surface area contributed by atoms with Crippen molar-refractivity contribution in [3.8, 4) is 0 Å². The zero-order chi connectivity index (χ0) is 20.3. The number of amides is 3. The number of rotatable bonds is 7. The number of hydrogen-bond donors (Lipinski definition) is 3. The fraction of sp³-hybridized carbons (Fsp3) is 0.667. The van der Waals surface area contributed by atoms with E-state index in [1.54, 1.807) is 11.8 Å². The summed E-state index contributed by atoms with van der Waals surface area (Å²) in [5.74, 6) is -1.38. The third kappa shape index (κ3) is 4.27. The molecule has 3 amide bonds. The number of nitrogens with one attached hydrogen (secondary N) is 1. The topological polar surface area (TPSA) is 141 Å². The van der Waals surface area contributed by atoms with Crippen LogP contribution < -0.4 is 16.8 Å². The van der Waals surface area contributed by atoms with Crippen molar-refractivity contribution in [2.75, 3.05) is 18.9 Å². The van der Waals surface area contributed by atoms with Crippen molar-refractivity contribution in [2.24, 2.45) is 5.73 Å². The lowest BCUT2D eigenvalue weighted by molar-refractivity contribution is -0.126. The summed E-state index contributed by atoms with van der Waals surface area (Å²) in [4.78, 5) is 39.2. The highest BCUT2D eigenvalue weighted by molar-refractivity contribution is 7.09. The number of primary amides is 1. The average molecular weight is 410 g/mol. The summed E-state index contributed by atoms with van der Waals surface area (Å²) in [6.45, 7) is 2.87. The molecule has 1 aromatic heterocycles. The van der Waals surface area contributed by atoms with Crippen LogP contribution in [0.25, 0.3) is 0 Å². The molecule has 28 heavy (non-hydrogen) atoms. The number of carbonyl (C=O) groups excluding carboxylic acids is 3. The quantitative estimate of drug-likeness (QED) is 0.611. The molecule has 154 valence electrons. The highest BCUT2D eigenvalue weighted by Crippen LogP contribution is 2.30. The van der Waals surface area contributed by atoms with Gasteiger partial charge in [0.15, 0.2) is 5.69 Å². The van der Waals surface area contributed by atoms with Gasteiger partial charge in [-0.25, -0.2) is 0 Å². The molecule has 0 bridgehead atoms. The van der Waals surface area contributed by atoms with Gasteiger partial charge in [-0.3, -0.25) is 14.4 Å². The van der Waals surface area contributed by atoms with Gasteiger partial charge in [-0.15, -0.1) is 0 Å². The smallest absolute Gasteiger partial charge is 0.270 e. The molecule has 5 N–H and O–H groups in total. The monoisotopic (exact) mass is 409 g/mol. The third-order valence-corrected chi connectivity index (χ3v) is 6.28. The van der Waals surface area contributed by atoms with Gasteiger partial charge in [-0.1, -0.05) is 12.8 Å². The van der Waals surface area contributed by atoms with E-state index in [4.69, 9.17) is 16.2 Å². The number of ether oxygens (including phenoxy) is 1. The van der Waals surface area contributed by atoms with Crippen LogP contribution in [-0.2, 0) is 9.53 Å². The van der Waals surface area contributed by atoms with Crippen LogP contribution >= 0.6 is 11.5 Å². The van der Waals surface area contributed by atoms with Crippen molar-refractivity contribution in [3.05, 3.63) is 10.6 Å². The minimum absolute atomic E-state index is 0.0162. The summed E-state index contributed by atoms with van der Waals surface area (Å²) in [5, 5.41) is 2.90. The Morgan fingerprint density at radius 1 is 1.29 bits per heavy atom. The highest BCUT2D eigenvalue weighted by atomic mass is 32.1. The maximum atomic E-state index is 13.3. The largest absolute Gasteiger partial charge is 0.395 e. The Labute approximate surface area is 167 Å². The van der Waals surface area contributed by atoms with E-state index in [0.717, 1.165) is 56.7 Å². The second-order valence-electron chi connectivity index (χ2n) is 7.35.